The molecule has 0 fully saturated rings. The second-order valence-electron chi connectivity index (χ2n) is 5.45. The van der Waals surface area contributed by atoms with Crippen LogP contribution in [0, 0.1) is 5.92 Å². The molecule has 1 aromatic rings. The molecule has 1 aromatic carbocycles. The number of thioether (sulfide) groups is 1. The summed E-state index contributed by atoms with van der Waals surface area (Å²) in [4.78, 5) is 37.4. The van der Waals surface area contributed by atoms with E-state index in [1.165, 1.54) is 23.6 Å². The molecule has 0 aliphatic carbocycles. The van der Waals surface area contributed by atoms with Crippen LogP contribution in [0.3, 0.4) is 0 Å². The quantitative estimate of drug-likeness (QED) is 0.845. The minimum absolute atomic E-state index is 0.0153. The Kier molecular flexibility index (Phi) is 5.54. The van der Waals surface area contributed by atoms with Crippen molar-refractivity contribution < 1.29 is 19.5 Å². The molecule has 2 unspecified atom stereocenters. The lowest BCUT2D eigenvalue weighted by Gasteiger charge is -2.26. The smallest absolute Gasteiger partial charge is 0.308 e. The molecule has 0 saturated heterocycles. The van der Waals surface area contributed by atoms with Crippen LogP contribution < -0.4 is 5.32 Å². The summed E-state index contributed by atoms with van der Waals surface area (Å²) in [6.07, 6.45) is 0.0153. The number of hydrogen-bond donors (Lipinski definition) is 2. The fourth-order valence-electron chi connectivity index (χ4n) is 2.16. The van der Waals surface area contributed by atoms with E-state index < -0.39 is 17.1 Å². The zero-order valence-electron chi connectivity index (χ0n) is 12.7. The van der Waals surface area contributed by atoms with E-state index >= 15 is 0 Å². The number of benzene rings is 1. The molecule has 0 spiro atoms. The van der Waals surface area contributed by atoms with Crippen molar-refractivity contribution in [1.29, 1.82) is 0 Å². The number of anilines is 1. The maximum atomic E-state index is 12.2. The Morgan fingerprint density at radius 2 is 2.17 bits per heavy atom. The maximum absolute atomic E-state index is 12.2. The molecule has 2 N–H and O–H groups in total. The number of halogens is 1. The first-order valence-corrected chi connectivity index (χ1v) is 8.27. The molecule has 0 bridgehead atoms. The summed E-state index contributed by atoms with van der Waals surface area (Å²) >= 11 is 7.20. The molecule has 2 atom stereocenters. The van der Waals surface area contributed by atoms with Crippen LogP contribution in [0.2, 0.25) is 5.02 Å². The topological polar surface area (TPSA) is 86.7 Å². The zero-order chi connectivity index (χ0) is 17.1. The Bertz CT molecular complexity index is 652. The first-order chi connectivity index (χ1) is 10.8. The Hall–Kier alpha value is -1.73. The van der Waals surface area contributed by atoms with E-state index in [2.05, 4.69) is 5.32 Å². The fraction of sp³-hybridized carbons (Fsp3) is 0.400. The minimum atomic E-state index is -0.958. The second kappa shape index (κ2) is 7.23. The van der Waals surface area contributed by atoms with Gasteiger partial charge in [-0.3, -0.25) is 14.4 Å². The SMILES string of the molecule is CC(CN(C)C(=O)CC1Sc2ccc(Cl)cc2NC1=O)C(=O)O. The van der Waals surface area contributed by atoms with Gasteiger partial charge in [-0.25, -0.2) is 0 Å². The minimum Gasteiger partial charge on any atom is -0.481 e. The second-order valence-corrected chi connectivity index (χ2v) is 7.13. The maximum Gasteiger partial charge on any atom is 0.308 e. The molecule has 0 radical (unpaired) electrons. The molecule has 0 aromatic heterocycles. The van der Waals surface area contributed by atoms with Crippen molar-refractivity contribution in [2.75, 3.05) is 18.9 Å². The highest BCUT2D eigenvalue weighted by atomic mass is 35.5. The number of hydrogen-bond acceptors (Lipinski definition) is 4. The Labute approximate surface area is 143 Å². The molecule has 0 saturated carbocycles. The van der Waals surface area contributed by atoms with Gasteiger partial charge in [-0.2, -0.15) is 0 Å². The summed E-state index contributed by atoms with van der Waals surface area (Å²) in [5.41, 5.74) is 0.643. The van der Waals surface area contributed by atoms with Crippen LogP contribution in [-0.4, -0.2) is 46.6 Å². The van der Waals surface area contributed by atoms with Gasteiger partial charge in [0.1, 0.15) is 0 Å². The number of carboxylic acids is 1. The highest BCUT2D eigenvalue weighted by Crippen LogP contribution is 2.38. The lowest BCUT2D eigenvalue weighted by atomic mass is 10.1. The summed E-state index contributed by atoms with van der Waals surface area (Å²) in [5, 5.41) is 11.6. The molecule has 124 valence electrons. The number of rotatable bonds is 5. The van der Waals surface area contributed by atoms with Gasteiger partial charge in [0.15, 0.2) is 0 Å². The average molecular weight is 357 g/mol. The van der Waals surface area contributed by atoms with E-state index in [1.54, 1.807) is 25.2 Å². The van der Waals surface area contributed by atoms with Crippen molar-refractivity contribution in [3.8, 4) is 0 Å². The van der Waals surface area contributed by atoms with Crippen LogP contribution >= 0.6 is 23.4 Å². The van der Waals surface area contributed by atoms with E-state index in [0.29, 0.717) is 10.7 Å². The molecule has 6 nitrogen and oxygen atoms in total. The van der Waals surface area contributed by atoms with Gasteiger partial charge in [0.05, 0.1) is 16.9 Å². The Morgan fingerprint density at radius 1 is 1.48 bits per heavy atom. The number of nitrogens with zero attached hydrogens (tertiary/aromatic N) is 1. The molecule has 23 heavy (non-hydrogen) atoms. The summed E-state index contributed by atoms with van der Waals surface area (Å²) in [7, 11) is 1.54. The van der Waals surface area contributed by atoms with Crippen molar-refractivity contribution in [3.63, 3.8) is 0 Å². The number of amides is 2. The number of carbonyl (C=O) groups is 3. The van der Waals surface area contributed by atoms with E-state index in [1.807, 2.05) is 0 Å². The average Bonchev–Trinajstić information content (AvgIpc) is 2.47. The number of fused-ring (bicyclic) bond motifs is 1. The highest BCUT2D eigenvalue weighted by molar-refractivity contribution is 8.01. The highest BCUT2D eigenvalue weighted by Gasteiger charge is 2.30. The van der Waals surface area contributed by atoms with Crippen LogP contribution in [0.15, 0.2) is 23.1 Å². The standard InChI is InChI=1S/C15H17ClN2O4S/c1-8(15(21)22)7-18(2)13(19)6-12-14(20)17-10-5-9(16)3-4-11(10)23-12/h3-5,8,12H,6-7H2,1-2H3,(H,17,20)(H,21,22). The predicted octanol–water partition coefficient (Wildman–Crippen LogP) is 2.32. The van der Waals surface area contributed by atoms with Crippen molar-refractivity contribution in [3.05, 3.63) is 23.2 Å². The zero-order valence-corrected chi connectivity index (χ0v) is 14.3. The molecule has 8 heteroatoms. The fourth-order valence-corrected chi connectivity index (χ4v) is 3.42. The summed E-state index contributed by atoms with van der Waals surface area (Å²) in [6, 6.07) is 5.19. The summed E-state index contributed by atoms with van der Waals surface area (Å²) in [6.45, 7) is 1.65. The van der Waals surface area contributed by atoms with Gasteiger partial charge in [-0.15, -0.1) is 11.8 Å². The number of carbonyl (C=O) groups excluding carboxylic acids is 2. The van der Waals surface area contributed by atoms with Crippen LogP contribution in [-0.2, 0) is 14.4 Å². The summed E-state index contributed by atoms with van der Waals surface area (Å²) in [5.74, 6) is -2.12. The van der Waals surface area contributed by atoms with Gasteiger partial charge < -0.3 is 15.3 Å². The number of aliphatic carboxylic acids is 1. The van der Waals surface area contributed by atoms with E-state index in [0.717, 1.165) is 4.90 Å². The Balaban J connectivity index is 2.00. The third kappa shape index (κ3) is 4.39. The normalized spacial score (nSPS) is 17.9. The molecular weight excluding hydrogens is 340 g/mol. The molecule has 2 amide bonds. The van der Waals surface area contributed by atoms with Crippen LogP contribution in [0.5, 0.6) is 0 Å². The van der Waals surface area contributed by atoms with Crippen molar-refractivity contribution in [2.45, 2.75) is 23.5 Å². The lowest BCUT2D eigenvalue weighted by molar-refractivity contribution is -0.142. The third-order valence-electron chi connectivity index (χ3n) is 3.52. The van der Waals surface area contributed by atoms with Crippen molar-refractivity contribution in [2.24, 2.45) is 5.92 Å². The molecular formula is C15H17ClN2O4S. The Morgan fingerprint density at radius 3 is 2.83 bits per heavy atom. The molecule has 1 aliphatic rings. The first-order valence-electron chi connectivity index (χ1n) is 7.01. The number of nitrogens with one attached hydrogen (secondary N) is 1. The van der Waals surface area contributed by atoms with Crippen LogP contribution in [0.1, 0.15) is 13.3 Å². The van der Waals surface area contributed by atoms with Crippen molar-refractivity contribution >= 4 is 46.8 Å². The molecule has 1 heterocycles. The van der Waals surface area contributed by atoms with Gasteiger partial charge in [-0.1, -0.05) is 18.5 Å². The lowest BCUT2D eigenvalue weighted by Crippen LogP contribution is -2.38. The van der Waals surface area contributed by atoms with E-state index in [4.69, 9.17) is 16.7 Å². The van der Waals surface area contributed by atoms with Crippen LogP contribution in [0.4, 0.5) is 5.69 Å². The first kappa shape index (κ1) is 17.6. The van der Waals surface area contributed by atoms with Gasteiger partial charge in [0.2, 0.25) is 11.8 Å². The van der Waals surface area contributed by atoms with Crippen molar-refractivity contribution in [1.82, 2.24) is 4.90 Å². The van der Waals surface area contributed by atoms with E-state index in [-0.39, 0.29) is 24.8 Å². The third-order valence-corrected chi connectivity index (χ3v) is 5.03. The van der Waals surface area contributed by atoms with Gasteiger partial charge in [0.25, 0.3) is 0 Å². The predicted molar refractivity (Wildman–Crippen MR) is 88.8 cm³/mol. The number of carboxylic acid groups (broad SMARTS) is 1. The summed E-state index contributed by atoms with van der Waals surface area (Å²) < 4.78 is 0. The van der Waals surface area contributed by atoms with E-state index in [9.17, 15) is 14.4 Å². The monoisotopic (exact) mass is 356 g/mol. The van der Waals surface area contributed by atoms with Crippen LogP contribution in [0.25, 0.3) is 0 Å². The van der Waals surface area contributed by atoms with Gasteiger partial charge >= 0.3 is 5.97 Å². The molecule has 2 rings (SSSR count). The molecule has 1 aliphatic heterocycles. The largest absolute Gasteiger partial charge is 0.481 e. The van der Waals surface area contributed by atoms with Gasteiger partial charge in [0, 0.05) is 29.9 Å². The van der Waals surface area contributed by atoms with Gasteiger partial charge in [-0.05, 0) is 18.2 Å².